The number of halogens is 1. The molecular weight excluding hydrogens is 236 g/mol. The van der Waals surface area contributed by atoms with Crippen LogP contribution in [0.25, 0.3) is 0 Å². The Bertz CT molecular complexity index is 321. The highest BCUT2D eigenvalue weighted by Gasteiger charge is 2.31. The lowest BCUT2D eigenvalue weighted by Crippen LogP contribution is -2.42. The SMILES string of the molecule is CC(N)(C(=O)O)c1ccc(Br)cn1. The van der Waals surface area contributed by atoms with Gasteiger partial charge in [0.2, 0.25) is 0 Å². The molecule has 1 aromatic rings. The van der Waals surface area contributed by atoms with Gasteiger partial charge < -0.3 is 10.8 Å². The van der Waals surface area contributed by atoms with Gasteiger partial charge in [0, 0.05) is 10.7 Å². The first-order chi connectivity index (χ1) is 5.94. The summed E-state index contributed by atoms with van der Waals surface area (Å²) in [5.41, 5.74) is 4.46. The molecule has 0 aliphatic rings. The molecule has 13 heavy (non-hydrogen) atoms. The molecule has 1 unspecified atom stereocenters. The zero-order valence-corrected chi connectivity index (χ0v) is 8.58. The average molecular weight is 245 g/mol. The maximum absolute atomic E-state index is 10.7. The molecule has 0 fully saturated rings. The van der Waals surface area contributed by atoms with E-state index in [-0.39, 0.29) is 0 Å². The summed E-state index contributed by atoms with van der Waals surface area (Å²) in [7, 11) is 0. The summed E-state index contributed by atoms with van der Waals surface area (Å²) in [6.07, 6.45) is 1.52. The van der Waals surface area contributed by atoms with Crippen molar-refractivity contribution in [3.63, 3.8) is 0 Å². The van der Waals surface area contributed by atoms with E-state index in [0.29, 0.717) is 5.69 Å². The van der Waals surface area contributed by atoms with Crippen molar-refractivity contribution in [3.05, 3.63) is 28.5 Å². The molecule has 1 heterocycles. The van der Waals surface area contributed by atoms with E-state index in [2.05, 4.69) is 20.9 Å². The van der Waals surface area contributed by atoms with Gasteiger partial charge in [0.25, 0.3) is 0 Å². The van der Waals surface area contributed by atoms with Crippen molar-refractivity contribution >= 4 is 21.9 Å². The fourth-order valence-electron chi connectivity index (χ4n) is 0.793. The molecule has 0 aliphatic carbocycles. The number of carbonyl (C=O) groups is 1. The van der Waals surface area contributed by atoms with Gasteiger partial charge in [-0.2, -0.15) is 0 Å². The molecule has 0 radical (unpaired) electrons. The van der Waals surface area contributed by atoms with Crippen LogP contribution in [0.4, 0.5) is 0 Å². The van der Waals surface area contributed by atoms with Crippen molar-refractivity contribution < 1.29 is 9.90 Å². The Morgan fingerprint density at radius 2 is 2.31 bits per heavy atom. The predicted molar refractivity (Wildman–Crippen MR) is 51.1 cm³/mol. The minimum absolute atomic E-state index is 0.336. The Morgan fingerprint density at radius 1 is 1.69 bits per heavy atom. The number of carboxylic acid groups (broad SMARTS) is 1. The molecule has 5 heteroatoms. The lowest BCUT2D eigenvalue weighted by Gasteiger charge is -2.17. The van der Waals surface area contributed by atoms with Crippen LogP contribution in [0.5, 0.6) is 0 Å². The van der Waals surface area contributed by atoms with E-state index in [9.17, 15) is 4.79 Å². The lowest BCUT2D eigenvalue weighted by molar-refractivity contribution is -0.143. The third-order valence-electron chi connectivity index (χ3n) is 1.70. The van der Waals surface area contributed by atoms with E-state index in [0.717, 1.165) is 4.47 Å². The topological polar surface area (TPSA) is 76.2 Å². The normalized spacial score (nSPS) is 15.0. The fraction of sp³-hybridized carbons (Fsp3) is 0.250. The summed E-state index contributed by atoms with van der Waals surface area (Å²) in [6.45, 7) is 1.41. The highest BCUT2D eigenvalue weighted by molar-refractivity contribution is 9.10. The Balaban J connectivity index is 3.08. The van der Waals surface area contributed by atoms with E-state index in [1.807, 2.05) is 0 Å². The smallest absolute Gasteiger partial charge is 0.329 e. The second-order valence-corrected chi connectivity index (χ2v) is 3.78. The summed E-state index contributed by atoms with van der Waals surface area (Å²) in [6, 6.07) is 3.29. The number of carboxylic acids is 1. The highest BCUT2D eigenvalue weighted by atomic mass is 79.9. The maximum Gasteiger partial charge on any atom is 0.329 e. The van der Waals surface area contributed by atoms with E-state index < -0.39 is 11.5 Å². The van der Waals surface area contributed by atoms with Crippen molar-refractivity contribution in [2.24, 2.45) is 5.73 Å². The van der Waals surface area contributed by atoms with Crippen molar-refractivity contribution in [1.29, 1.82) is 0 Å². The molecule has 4 nitrogen and oxygen atoms in total. The van der Waals surface area contributed by atoms with Gasteiger partial charge in [-0.25, -0.2) is 4.79 Å². The molecule has 0 spiro atoms. The van der Waals surface area contributed by atoms with Crippen LogP contribution >= 0.6 is 15.9 Å². The third kappa shape index (κ3) is 2.05. The zero-order chi connectivity index (χ0) is 10.1. The Kier molecular flexibility index (Phi) is 2.68. The summed E-state index contributed by atoms with van der Waals surface area (Å²) in [4.78, 5) is 14.6. The molecule has 3 N–H and O–H groups in total. The molecule has 1 aromatic heterocycles. The van der Waals surface area contributed by atoms with Gasteiger partial charge in [0.05, 0.1) is 5.69 Å². The van der Waals surface area contributed by atoms with Gasteiger partial charge in [-0.3, -0.25) is 4.98 Å². The number of hydrogen-bond donors (Lipinski definition) is 2. The van der Waals surface area contributed by atoms with Crippen molar-refractivity contribution in [3.8, 4) is 0 Å². The van der Waals surface area contributed by atoms with Crippen LogP contribution < -0.4 is 5.73 Å². The molecule has 0 aliphatic heterocycles. The summed E-state index contributed by atoms with van der Waals surface area (Å²) in [5, 5.41) is 8.79. The molecule has 0 amide bonds. The third-order valence-corrected chi connectivity index (χ3v) is 2.17. The molecule has 0 aromatic carbocycles. The molecule has 1 rings (SSSR count). The van der Waals surface area contributed by atoms with Gasteiger partial charge in [-0.1, -0.05) is 0 Å². The molecule has 1 atom stereocenters. The average Bonchev–Trinajstić information content (AvgIpc) is 2.04. The first kappa shape index (κ1) is 10.1. The van der Waals surface area contributed by atoms with Gasteiger partial charge >= 0.3 is 5.97 Å². The second-order valence-electron chi connectivity index (χ2n) is 2.87. The number of rotatable bonds is 2. The van der Waals surface area contributed by atoms with E-state index in [4.69, 9.17) is 10.8 Å². The maximum atomic E-state index is 10.7. The Labute approximate surface area is 83.9 Å². The highest BCUT2D eigenvalue weighted by Crippen LogP contribution is 2.17. The van der Waals surface area contributed by atoms with Crippen LogP contribution in [0, 0.1) is 0 Å². The molecular formula is C8H9BrN2O2. The Hall–Kier alpha value is -0.940. The van der Waals surface area contributed by atoms with E-state index >= 15 is 0 Å². The standard InChI is InChI=1S/C8H9BrN2O2/c1-8(10,7(12)13)6-3-2-5(9)4-11-6/h2-4H,10H2,1H3,(H,12,13). The van der Waals surface area contributed by atoms with Crippen LogP contribution in [0.3, 0.4) is 0 Å². The largest absolute Gasteiger partial charge is 0.480 e. The van der Waals surface area contributed by atoms with E-state index in [1.54, 1.807) is 12.1 Å². The first-order valence-electron chi connectivity index (χ1n) is 3.59. The van der Waals surface area contributed by atoms with Crippen molar-refractivity contribution in [2.45, 2.75) is 12.5 Å². The summed E-state index contributed by atoms with van der Waals surface area (Å²) in [5.74, 6) is -1.10. The number of hydrogen-bond acceptors (Lipinski definition) is 3. The van der Waals surface area contributed by atoms with Crippen LogP contribution in [0.1, 0.15) is 12.6 Å². The monoisotopic (exact) mass is 244 g/mol. The van der Waals surface area contributed by atoms with Gasteiger partial charge in [-0.15, -0.1) is 0 Å². The molecule has 0 bridgehead atoms. The quantitative estimate of drug-likeness (QED) is 0.817. The van der Waals surface area contributed by atoms with Crippen LogP contribution in [-0.2, 0) is 10.3 Å². The molecule has 0 saturated carbocycles. The van der Waals surface area contributed by atoms with E-state index in [1.165, 1.54) is 13.1 Å². The van der Waals surface area contributed by atoms with Crippen LogP contribution in [0.2, 0.25) is 0 Å². The minimum atomic E-state index is -1.43. The van der Waals surface area contributed by atoms with Crippen molar-refractivity contribution in [1.82, 2.24) is 4.98 Å². The zero-order valence-electron chi connectivity index (χ0n) is 6.99. The number of aliphatic carboxylic acids is 1. The summed E-state index contributed by atoms with van der Waals surface area (Å²) >= 11 is 3.20. The summed E-state index contributed by atoms with van der Waals surface area (Å²) < 4.78 is 0.789. The number of aromatic nitrogens is 1. The minimum Gasteiger partial charge on any atom is -0.480 e. The number of nitrogens with zero attached hydrogens (tertiary/aromatic N) is 1. The number of pyridine rings is 1. The Morgan fingerprint density at radius 3 is 2.69 bits per heavy atom. The lowest BCUT2D eigenvalue weighted by atomic mass is 9.99. The van der Waals surface area contributed by atoms with Gasteiger partial charge in [0.1, 0.15) is 0 Å². The first-order valence-corrected chi connectivity index (χ1v) is 4.38. The van der Waals surface area contributed by atoms with Crippen molar-refractivity contribution in [2.75, 3.05) is 0 Å². The molecule has 0 saturated heterocycles. The molecule has 70 valence electrons. The fourth-order valence-corrected chi connectivity index (χ4v) is 1.03. The van der Waals surface area contributed by atoms with Crippen LogP contribution in [-0.4, -0.2) is 16.1 Å². The van der Waals surface area contributed by atoms with Gasteiger partial charge in [0.15, 0.2) is 5.54 Å². The second kappa shape index (κ2) is 3.43. The number of nitrogens with two attached hydrogens (primary N) is 1. The van der Waals surface area contributed by atoms with Gasteiger partial charge in [-0.05, 0) is 35.0 Å². The predicted octanol–water partition coefficient (Wildman–Crippen LogP) is 1.10. The van der Waals surface area contributed by atoms with Crippen LogP contribution in [0.15, 0.2) is 22.8 Å².